The second kappa shape index (κ2) is 7.96. The maximum atomic E-state index is 13.3. The van der Waals surface area contributed by atoms with E-state index in [1.54, 1.807) is 6.08 Å². The van der Waals surface area contributed by atoms with Crippen molar-refractivity contribution in [3.63, 3.8) is 0 Å². The maximum absolute atomic E-state index is 13.3. The van der Waals surface area contributed by atoms with Gasteiger partial charge >= 0.3 is 5.97 Å². The highest BCUT2D eigenvalue weighted by Crippen LogP contribution is 2.67. The molecule has 1 N–H and O–H groups in total. The Morgan fingerprint density at radius 3 is 2.52 bits per heavy atom. The minimum atomic E-state index is -3.79. The van der Waals surface area contributed by atoms with Crippen LogP contribution in [0.3, 0.4) is 0 Å². The standard InChI is InChI=1S/C23H36O7S/c1-7-21(4)12-17(30-18(25)13-29-31(6,27)28)22(5)14(2)8-10-23(15(3)20(21)26)11-9-16(24)19(22)23/h7,14-15,17,19-20,26H,1,8-13H2,2-6H3/t14?,15?,17?,19?,20?,21-,22+,23+/m0/s1. The fourth-order valence-corrected chi connectivity index (χ4v) is 7.16. The molecule has 176 valence electrons. The molecule has 0 spiro atoms. The van der Waals surface area contributed by atoms with Crippen molar-refractivity contribution in [2.45, 2.75) is 72.0 Å². The summed E-state index contributed by atoms with van der Waals surface area (Å²) in [5.41, 5.74) is -1.72. The normalized spacial score (nSPS) is 45.4. The van der Waals surface area contributed by atoms with Crippen LogP contribution in [0.2, 0.25) is 0 Å². The first kappa shape index (κ1) is 24.4. The molecule has 2 bridgehead atoms. The molecular weight excluding hydrogens is 420 g/mol. The van der Waals surface area contributed by atoms with Crippen LogP contribution < -0.4 is 0 Å². The van der Waals surface area contributed by atoms with E-state index in [1.165, 1.54) is 0 Å². The van der Waals surface area contributed by atoms with Gasteiger partial charge in [-0.3, -0.25) is 8.98 Å². The van der Waals surface area contributed by atoms with E-state index in [-0.39, 0.29) is 29.0 Å². The van der Waals surface area contributed by atoms with Crippen LogP contribution in [0.4, 0.5) is 0 Å². The highest BCUT2D eigenvalue weighted by atomic mass is 32.2. The molecular formula is C23H36O7S. The Morgan fingerprint density at radius 2 is 1.94 bits per heavy atom. The SMILES string of the molecule is C=C[C@@]1(C)CC(OC(=O)COS(C)(=O)=O)[C@@]2(C)C(C)CC[C@@]3(CCC(=O)C32)C(C)C1O. The molecule has 0 saturated heterocycles. The number of ketones is 1. The smallest absolute Gasteiger partial charge is 0.333 e. The van der Waals surface area contributed by atoms with Crippen molar-refractivity contribution < 1.29 is 32.0 Å². The van der Waals surface area contributed by atoms with Gasteiger partial charge in [-0.15, -0.1) is 6.58 Å². The van der Waals surface area contributed by atoms with Gasteiger partial charge in [0.15, 0.2) is 6.61 Å². The molecule has 8 atom stereocenters. The Bertz CT molecular complexity index is 867. The molecule has 8 heteroatoms. The summed E-state index contributed by atoms with van der Waals surface area (Å²) in [4.78, 5) is 25.9. The van der Waals surface area contributed by atoms with Crippen LogP contribution in [0, 0.1) is 34.0 Å². The zero-order chi connectivity index (χ0) is 23.4. The average molecular weight is 457 g/mol. The summed E-state index contributed by atoms with van der Waals surface area (Å²) < 4.78 is 33.1. The lowest BCUT2D eigenvalue weighted by Gasteiger charge is -2.61. The number of aliphatic hydroxyl groups is 1. The minimum absolute atomic E-state index is 0.107. The van der Waals surface area contributed by atoms with Crippen molar-refractivity contribution in [2.75, 3.05) is 12.9 Å². The van der Waals surface area contributed by atoms with Crippen LogP contribution in [0.15, 0.2) is 12.7 Å². The summed E-state index contributed by atoms with van der Waals surface area (Å²) >= 11 is 0. The topological polar surface area (TPSA) is 107 Å². The molecule has 3 rings (SSSR count). The molecule has 3 saturated carbocycles. The molecule has 0 heterocycles. The summed E-state index contributed by atoms with van der Waals surface area (Å²) in [5.74, 6) is -0.943. The van der Waals surface area contributed by atoms with Gasteiger partial charge in [-0.05, 0) is 42.9 Å². The van der Waals surface area contributed by atoms with Crippen molar-refractivity contribution in [3.05, 3.63) is 12.7 Å². The monoisotopic (exact) mass is 456 g/mol. The van der Waals surface area contributed by atoms with Crippen LogP contribution in [-0.2, 0) is 28.6 Å². The van der Waals surface area contributed by atoms with E-state index < -0.39 is 45.7 Å². The van der Waals surface area contributed by atoms with E-state index in [1.807, 2.05) is 20.8 Å². The van der Waals surface area contributed by atoms with Gasteiger partial charge in [0.2, 0.25) is 0 Å². The summed E-state index contributed by atoms with van der Waals surface area (Å²) in [7, 11) is -3.79. The van der Waals surface area contributed by atoms with Gasteiger partial charge in [-0.2, -0.15) is 8.42 Å². The first-order valence-electron chi connectivity index (χ1n) is 11.1. The van der Waals surface area contributed by atoms with Crippen LogP contribution in [-0.4, -0.2) is 50.3 Å². The zero-order valence-electron chi connectivity index (χ0n) is 19.2. The molecule has 3 fully saturated rings. The first-order valence-corrected chi connectivity index (χ1v) is 12.9. The fraction of sp³-hybridized carbons (Fsp3) is 0.826. The third-order valence-electron chi connectivity index (χ3n) is 8.97. The van der Waals surface area contributed by atoms with E-state index in [0.717, 1.165) is 25.5 Å². The number of ether oxygens (including phenoxy) is 1. The van der Waals surface area contributed by atoms with Crippen molar-refractivity contribution >= 4 is 21.9 Å². The summed E-state index contributed by atoms with van der Waals surface area (Å²) in [5, 5.41) is 11.4. The maximum Gasteiger partial charge on any atom is 0.333 e. The van der Waals surface area contributed by atoms with Crippen LogP contribution >= 0.6 is 0 Å². The predicted octanol–water partition coefficient (Wildman–Crippen LogP) is 2.87. The molecule has 0 amide bonds. The second-order valence-corrected chi connectivity index (χ2v) is 12.2. The molecule has 0 radical (unpaired) electrons. The first-order chi connectivity index (χ1) is 14.2. The van der Waals surface area contributed by atoms with E-state index in [0.29, 0.717) is 12.8 Å². The van der Waals surface area contributed by atoms with Gasteiger partial charge in [0, 0.05) is 23.2 Å². The number of aliphatic hydroxyl groups excluding tert-OH is 1. The highest BCUT2D eigenvalue weighted by Gasteiger charge is 2.68. The molecule has 5 unspecified atom stereocenters. The van der Waals surface area contributed by atoms with Crippen molar-refractivity contribution in [3.8, 4) is 0 Å². The van der Waals surface area contributed by atoms with Gasteiger partial charge in [-0.1, -0.05) is 33.8 Å². The number of carbonyl (C=O) groups excluding carboxylic acids is 2. The van der Waals surface area contributed by atoms with Crippen LogP contribution in [0.25, 0.3) is 0 Å². The van der Waals surface area contributed by atoms with Crippen LogP contribution in [0.1, 0.15) is 59.8 Å². The van der Waals surface area contributed by atoms with Crippen molar-refractivity contribution in [1.29, 1.82) is 0 Å². The van der Waals surface area contributed by atoms with Gasteiger partial charge in [0.25, 0.3) is 10.1 Å². The quantitative estimate of drug-likeness (QED) is 0.385. The predicted molar refractivity (Wildman–Crippen MR) is 115 cm³/mol. The molecule has 3 aliphatic rings. The Morgan fingerprint density at radius 1 is 1.29 bits per heavy atom. The molecule has 31 heavy (non-hydrogen) atoms. The Kier molecular flexibility index (Phi) is 6.26. The van der Waals surface area contributed by atoms with Gasteiger partial charge in [0.05, 0.1) is 12.4 Å². The molecule has 0 aliphatic heterocycles. The number of Topliss-reactive ketones (excluding diaryl/α,β-unsaturated/α-hetero) is 1. The summed E-state index contributed by atoms with van der Waals surface area (Å²) in [6.07, 6.45) is 4.37. The van der Waals surface area contributed by atoms with Gasteiger partial charge in [-0.25, -0.2) is 4.79 Å². The third-order valence-corrected chi connectivity index (χ3v) is 9.51. The Hall–Kier alpha value is -1.25. The average Bonchev–Trinajstić information content (AvgIpc) is 3.05. The van der Waals surface area contributed by atoms with Gasteiger partial charge in [0.1, 0.15) is 11.9 Å². The zero-order valence-corrected chi connectivity index (χ0v) is 20.0. The lowest BCUT2D eigenvalue weighted by atomic mass is 9.44. The summed E-state index contributed by atoms with van der Waals surface area (Å²) in [6, 6.07) is 0. The number of rotatable bonds is 5. The lowest BCUT2D eigenvalue weighted by Crippen LogP contribution is -2.63. The highest BCUT2D eigenvalue weighted by molar-refractivity contribution is 7.86. The molecule has 0 aromatic rings. The van der Waals surface area contributed by atoms with Gasteiger partial charge < -0.3 is 9.84 Å². The largest absolute Gasteiger partial charge is 0.460 e. The van der Waals surface area contributed by atoms with E-state index in [9.17, 15) is 23.1 Å². The van der Waals surface area contributed by atoms with Crippen LogP contribution in [0.5, 0.6) is 0 Å². The summed E-state index contributed by atoms with van der Waals surface area (Å²) in [6.45, 7) is 11.3. The van der Waals surface area contributed by atoms with Crippen molar-refractivity contribution in [1.82, 2.24) is 0 Å². The van der Waals surface area contributed by atoms with E-state index in [2.05, 4.69) is 17.7 Å². The Labute approximate surface area is 185 Å². The third kappa shape index (κ3) is 3.89. The fourth-order valence-electron chi connectivity index (χ4n) is 6.85. The van der Waals surface area contributed by atoms with E-state index in [4.69, 9.17) is 4.74 Å². The number of hydrogen-bond acceptors (Lipinski definition) is 7. The van der Waals surface area contributed by atoms with E-state index >= 15 is 0 Å². The van der Waals surface area contributed by atoms with Crippen molar-refractivity contribution in [2.24, 2.45) is 34.0 Å². The minimum Gasteiger partial charge on any atom is -0.460 e. The molecule has 7 nitrogen and oxygen atoms in total. The lowest BCUT2D eigenvalue weighted by molar-refractivity contribution is -0.207. The Balaban J connectivity index is 2.08. The molecule has 0 aromatic carbocycles. The molecule has 0 aromatic heterocycles. The number of hydrogen-bond donors (Lipinski definition) is 1. The molecule has 3 aliphatic carbocycles. The second-order valence-electron chi connectivity index (χ2n) is 10.5. The number of carbonyl (C=O) groups is 2. The number of esters is 1.